The van der Waals surface area contributed by atoms with E-state index in [1.807, 2.05) is 53.4 Å². The highest BCUT2D eigenvalue weighted by Gasteiger charge is 2.37. The molecule has 1 amide bonds. The third-order valence-corrected chi connectivity index (χ3v) is 5.39. The largest absolute Gasteiger partial charge is 0.322 e. The number of pyridine rings is 1. The van der Waals surface area contributed by atoms with Crippen LogP contribution in [0.2, 0.25) is 10.0 Å². The van der Waals surface area contributed by atoms with Crippen molar-refractivity contribution in [2.45, 2.75) is 12.6 Å². The molecule has 6 heteroatoms. The standard InChI is InChI=1S/C20H13BrCl2N2O/c21-13-3-8-17-18(9-13)20(26)25(11-16-7-6-15(23)10-24-16)19(17)12-1-4-14(22)5-2-12/h1-10,19H,11H2. The number of hydrogen-bond acceptors (Lipinski definition) is 2. The second-order valence-corrected chi connectivity index (χ2v) is 7.88. The van der Waals surface area contributed by atoms with E-state index in [1.165, 1.54) is 0 Å². The molecular weight excluding hydrogens is 435 g/mol. The van der Waals surface area contributed by atoms with Crippen LogP contribution >= 0.6 is 39.1 Å². The summed E-state index contributed by atoms with van der Waals surface area (Å²) in [7, 11) is 0. The van der Waals surface area contributed by atoms with Crippen LogP contribution in [0.1, 0.15) is 33.2 Å². The molecule has 2 aromatic carbocycles. The number of nitrogens with zero attached hydrogens (tertiary/aromatic N) is 2. The molecule has 4 rings (SSSR count). The molecule has 0 fully saturated rings. The molecule has 0 saturated carbocycles. The number of halogens is 3. The fraction of sp³-hybridized carbons (Fsp3) is 0.100. The van der Waals surface area contributed by atoms with Crippen molar-refractivity contribution in [1.29, 1.82) is 0 Å². The Kier molecular flexibility index (Phi) is 4.74. The molecule has 0 saturated heterocycles. The molecule has 1 unspecified atom stereocenters. The zero-order valence-corrected chi connectivity index (χ0v) is 16.6. The SMILES string of the molecule is O=C1c2cc(Br)ccc2C(c2ccc(Cl)cc2)N1Cc1ccc(Cl)cn1. The van der Waals surface area contributed by atoms with Gasteiger partial charge in [-0.3, -0.25) is 9.78 Å². The molecule has 0 bridgehead atoms. The molecule has 1 aliphatic heterocycles. The first-order valence-corrected chi connectivity index (χ1v) is 9.54. The first-order valence-electron chi connectivity index (χ1n) is 7.99. The normalized spacial score (nSPS) is 16.0. The summed E-state index contributed by atoms with van der Waals surface area (Å²) in [6.07, 6.45) is 1.60. The Balaban J connectivity index is 1.78. The Labute approximate surface area is 169 Å². The van der Waals surface area contributed by atoms with E-state index in [1.54, 1.807) is 12.3 Å². The minimum atomic E-state index is -0.180. The average molecular weight is 448 g/mol. The molecule has 3 nitrogen and oxygen atoms in total. The number of hydrogen-bond donors (Lipinski definition) is 0. The van der Waals surface area contributed by atoms with E-state index in [9.17, 15) is 4.79 Å². The van der Waals surface area contributed by atoms with Gasteiger partial charge >= 0.3 is 0 Å². The number of benzene rings is 2. The van der Waals surface area contributed by atoms with Crippen LogP contribution in [0.5, 0.6) is 0 Å². The van der Waals surface area contributed by atoms with E-state index < -0.39 is 0 Å². The van der Waals surface area contributed by atoms with E-state index in [-0.39, 0.29) is 11.9 Å². The summed E-state index contributed by atoms with van der Waals surface area (Å²) in [6.45, 7) is 0.398. The Hall–Kier alpha value is -1.88. The smallest absolute Gasteiger partial charge is 0.255 e. The predicted molar refractivity (Wildman–Crippen MR) is 107 cm³/mol. The summed E-state index contributed by atoms with van der Waals surface area (Å²) < 4.78 is 0.880. The highest BCUT2D eigenvalue weighted by atomic mass is 79.9. The van der Waals surface area contributed by atoms with Gasteiger partial charge in [-0.25, -0.2) is 0 Å². The lowest BCUT2D eigenvalue weighted by atomic mass is 9.98. The maximum Gasteiger partial charge on any atom is 0.255 e. The second kappa shape index (κ2) is 7.03. The molecule has 0 radical (unpaired) electrons. The van der Waals surface area contributed by atoms with Crippen LogP contribution in [0.15, 0.2) is 65.3 Å². The van der Waals surface area contributed by atoms with Crippen molar-refractivity contribution in [1.82, 2.24) is 9.88 Å². The molecule has 3 aromatic rings. The molecule has 0 spiro atoms. The molecule has 1 aromatic heterocycles. The highest BCUT2D eigenvalue weighted by molar-refractivity contribution is 9.10. The maximum absolute atomic E-state index is 13.1. The number of fused-ring (bicyclic) bond motifs is 1. The van der Waals surface area contributed by atoms with Crippen LogP contribution < -0.4 is 0 Å². The Morgan fingerprint density at radius 1 is 1.00 bits per heavy atom. The van der Waals surface area contributed by atoms with Crippen molar-refractivity contribution in [3.8, 4) is 0 Å². The monoisotopic (exact) mass is 446 g/mol. The Morgan fingerprint density at radius 2 is 1.73 bits per heavy atom. The minimum Gasteiger partial charge on any atom is -0.322 e. The van der Waals surface area contributed by atoms with Crippen molar-refractivity contribution >= 4 is 45.0 Å². The summed E-state index contributed by atoms with van der Waals surface area (Å²) in [6, 6.07) is 16.9. The zero-order valence-electron chi connectivity index (χ0n) is 13.5. The molecule has 2 heterocycles. The van der Waals surface area contributed by atoms with Gasteiger partial charge in [-0.1, -0.05) is 57.3 Å². The minimum absolute atomic E-state index is 0.0157. The van der Waals surface area contributed by atoms with Crippen molar-refractivity contribution < 1.29 is 4.79 Å². The van der Waals surface area contributed by atoms with Crippen LogP contribution in [-0.2, 0) is 6.54 Å². The molecule has 0 aliphatic carbocycles. The van der Waals surface area contributed by atoms with Crippen molar-refractivity contribution in [2.24, 2.45) is 0 Å². The van der Waals surface area contributed by atoms with Gasteiger partial charge in [0.1, 0.15) is 0 Å². The second-order valence-electron chi connectivity index (χ2n) is 6.09. The predicted octanol–water partition coefficient (Wildman–Crippen LogP) is 5.90. The number of rotatable bonds is 3. The van der Waals surface area contributed by atoms with Crippen molar-refractivity contribution in [3.05, 3.63) is 97.7 Å². The molecule has 1 aliphatic rings. The van der Waals surface area contributed by atoms with E-state index in [2.05, 4.69) is 20.9 Å². The van der Waals surface area contributed by atoms with Gasteiger partial charge in [-0.2, -0.15) is 0 Å². The lowest BCUT2D eigenvalue weighted by Gasteiger charge is -2.25. The van der Waals surface area contributed by atoms with Crippen LogP contribution in [0.3, 0.4) is 0 Å². The van der Waals surface area contributed by atoms with Crippen LogP contribution in [-0.4, -0.2) is 15.8 Å². The van der Waals surface area contributed by atoms with Gasteiger partial charge in [0.2, 0.25) is 0 Å². The summed E-state index contributed by atoms with van der Waals surface area (Å²) >= 11 is 15.4. The maximum atomic E-state index is 13.1. The molecule has 130 valence electrons. The van der Waals surface area contributed by atoms with Crippen LogP contribution in [0.25, 0.3) is 0 Å². The first kappa shape index (κ1) is 17.5. The van der Waals surface area contributed by atoms with E-state index in [4.69, 9.17) is 23.2 Å². The average Bonchev–Trinajstić information content (AvgIpc) is 2.90. The van der Waals surface area contributed by atoms with Gasteiger partial charge in [0.15, 0.2) is 0 Å². The topological polar surface area (TPSA) is 33.2 Å². The highest BCUT2D eigenvalue weighted by Crippen LogP contribution is 2.40. The number of carbonyl (C=O) groups excluding carboxylic acids is 1. The van der Waals surface area contributed by atoms with Crippen LogP contribution in [0, 0.1) is 0 Å². The van der Waals surface area contributed by atoms with Gasteiger partial charge in [0, 0.05) is 21.3 Å². The summed E-state index contributed by atoms with van der Waals surface area (Å²) in [5.74, 6) is -0.0157. The first-order chi connectivity index (χ1) is 12.5. The summed E-state index contributed by atoms with van der Waals surface area (Å²) in [5.41, 5.74) is 3.48. The van der Waals surface area contributed by atoms with Gasteiger partial charge in [0.25, 0.3) is 5.91 Å². The fourth-order valence-corrected chi connectivity index (χ4v) is 3.83. The van der Waals surface area contributed by atoms with Crippen molar-refractivity contribution in [3.63, 3.8) is 0 Å². The molecular formula is C20H13BrCl2N2O. The Bertz CT molecular complexity index is 974. The Morgan fingerprint density at radius 3 is 2.42 bits per heavy atom. The quantitative estimate of drug-likeness (QED) is 0.501. The lowest BCUT2D eigenvalue weighted by Crippen LogP contribution is -2.28. The molecule has 0 N–H and O–H groups in total. The lowest BCUT2D eigenvalue weighted by molar-refractivity contribution is 0.0733. The van der Waals surface area contributed by atoms with E-state index >= 15 is 0 Å². The van der Waals surface area contributed by atoms with Gasteiger partial charge in [-0.05, 0) is 47.5 Å². The third kappa shape index (κ3) is 3.25. The fourth-order valence-electron chi connectivity index (χ4n) is 3.23. The number of carbonyl (C=O) groups is 1. The van der Waals surface area contributed by atoms with Gasteiger partial charge in [-0.15, -0.1) is 0 Å². The van der Waals surface area contributed by atoms with Crippen molar-refractivity contribution in [2.75, 3.05) is 0 Å². The molecule has 1 atom stereocenters. The van der Waals surface area contributed by atoms with Crippen LogP contribution in [0.4, 0.5) is 0 Å². The third-order valence-electron chi connectivity index (χ3n) is 4.42. The molecule has 26 heavy (non-hydrogen) atoms. The summed E-state index contributed by atoms with van der Waals surface area (Å²) in [4.78, 5) is 19.3. The van der Waals surface area contributed by atoms with E-state index in [0.29, 0.717) is 22.2 Å². The summed E-state index contributed by atoms with van der Waals surface area (Å²) in [5, 5.41) is 1.24. The van der Waals surface area contributed by atoms with Gasteiger partial charge in [0.05, 0.1) is 23.3 Å². The zero-order chi connectivity index (χ0) is 18.3. The number of amides is 1. The number of aromatic nitrogens is 1. The van der Waals surface area contributed by atoms with E-state index in [0.717, 1.165) is 21.3 Å². The van der Waals surface area contributed by atoms with Gasteiger partial charge < -0.3 is 4.90 Å².